The molecule has 0 bridgehead atoms. The molecule has 0 aliphatic heterocycles. The van der Waals surface area contributed by atoms with Crippen LogP contribution in [0.5, 0.6) is 0 Å². The minimum absolute atomic E-state index is 0.103. The van der Waals surface area contributed by atoms with Crippen LogP contribution in [0.4, 0.5) is 0 Å². The van der Waals surface area contributed by atoms with Gasteiger partial charge in [-0.2, -0.15) is 0 Å². The molecule has 3 aliphatic carbocycles. The number of carbonyl (C=O) groups is 1. The van der Waals surface area contributed by atoms with Gasteiger partial charge in [0.15, 0.2) is 0 Å². The number of carbonyl (C=O) groups excluding carboxylic acids is 1. The molecule has 0 heterocycles. The first-order valence-corrected chi connectivity index (χ1v) is 8.08. The van der Waals surface area contributed by atoms with Crippen LogP contribution in [0.2, 0.25) is 0 Å². The molecule has 106 valence electrons. The molecule has 0 aromatic heterocycles. The molecule has 3 rings (SSSR count). The van der Waals surface area contributed by atoms with E-state index in [2.05, 4.69) is 5.32 Å². The van der Waals surface area contributed by atoms with Gasteiger partial charge in [-0.05, 0) is 49.9 Å². The van der Waals surface area contributed by atoms with Crippen LogP contribution in [0.1, 0.15) is 57.8 Å². The Morgan fingerprint density at radius 2 is 1.79 bits per heavy atom. The molecule has 3 aliphatic rings. The lowest BCUT2D eigenvalue weighted by Gasteiger charge is -2.35. The van der Waals surface area contributed by atoms with Crippen LogP contribution in [0, 0.1) is 16.7 Å². The summed E-state index contributed by atoms with van der Waals surface area (Å²) in [5.74, 6) is 0.978. The average Bonchev–Trinajstić information content (AvgIpc) is 3.28. The fraction of sp³-hybridized carbons (Fsp3) is 0.867. The number of hydrogen-bond donors (Lipinski definition) is 2. The third-order valence-electron chi connectivity index (χ3n) is 5.55. The van der Waals surface area contributed by atoms with Crippen LogP contribution in [-0.4, -0.2) is 17.4 Å². The minimum atomic E-state index is -0.548. The van der Waals surface area contributed by atoms with E-state index in [1.165, 1.54) is 32.1 Å². The van der Waals surface area contributed by atoms with Crippen LogP contribution in [0.3, 0.4) is 0 Å². The van der Waals surface area contributed by atoms with Gasteiger partial charge in [0.25, 0.3) is 0 Å². The number of nitrogens with one attached hydrogen (secondary N) is 1. The highest BCUT2D eigenvalue weighted by molar-refractivity contribution is 7.80. The van der Waals surface area contributed by atoms with Gasteiger partial charge in [-0.1, -0.05) is 31.5 Å². The van der Waals surface area contributed by atoms with E-state index in [0.717, 1.165) is 38.1 Å². The first-order chi connectivity index (χ1) is 9.09. The zero-order chi connectivity index (χ0) is 13.5. The monoisotopic (exact) mass is 280 g/mol. The molecule has 0 aromatic rings. The molecule has 1 amide bonds. The Labute approximate surface area is 120 Å². The van der Waals surface area contributed by atoms with Gasteiger partial charge in [-0.25, -0.2) is 0 Å². The lowest BCUT2D eigenvalue weighted by atomic mass is 9.73. The van der Waals surface area contributed by atoms with Crippen molar-refractivity contribution >= 4 is 23.1 Å². The predicted molar refractivity (Wildman–Crippen MR) is 79.7 cm³/mol. The standard InChI is InChI=1S/C15H24N2OS/c16-12(19)15(6-2-1-3-7-15)13(18)17-10-14(8-9-14)11-4-5-11/h11H,1-10H2,(H2,16,19)(H,17,18). The summed E-state index contributed by atoms with van der Waals surface area (Å²) in [5, 5.41) is 3.19. The Kier molecular flexibility index (Phi) is 3.32. The van der Waals surface area contributed by atoms with Crippen LogP contribution in [0.25, 0.3) is 0 Å². The molecule has 0 atom stereocenters. The molecule has 3 N–H and O–H groups in total. The van der Waals surface area contributed by atoms with E-state index in [1.807, 2.05) is 0 Å². The van der Waals surface area contributed by atoms with Crippen molar-refractivity contribution in [3.8, 4) is 0 Å². The number of thiocarbonyl (C=S) groups is 1. The van der Waals surface area contributed by atoms with Crippen LogP contribution < -0.4 is 11.1 Å². The zero-order valence-electron chi connectivity index (χ0n) is 11.5. The maximum Gasteiger partial charge on any atom is 0.233 e. The summed E-state index contributed by atoms with van der Waals surface area (Å²) >= 11 is 5.21. The normalized spacial score (nSPS) is 27.6. The molecule has 0 spiro atoms. The van der Waals surface area contributed by atoms with Crippen molar-refractivity contribution in [2.75, 3.05) is 6.54 Å². The highest BCUT2D eigenvalue weighted by atomic mass is 32.1. The van der Waals surface area contributed by atoms with Gasteiger partial charge in [-0.3, -0.25) is 4.79 Å². The Morgan fingerprint density at radius 1 is 1.16 bits per heavy atom. The first-order valence-electron chi connectivity index (χ1n) is 7.67. The van der Waals surface area contributed by atoms with Gasteiger partial charge in [-0.15, -0.1) is 0 Å². The number of nitrogens with two attached hydrogens (primary N) is 1. The average molecular weight is 280 g/mol. The molecule has 3 fully saturated rings. The van der Waals surface area contributed by atoms with Crippen LogP contribution in [0.15, 0.2) is 0 Å². The lowest BCUT2D eigenvalue weighted by Crippen LogP contribution is -2.51. The lowest BCUT2D eigenvalue weighted by molar-refractivity contribution is -0.129. The molecule has 4 heteroatoms. The van der Waals surface area contributed by atoms with Crippen molar-refractivity contribution in [2.24, 2.45) is 22.5 Å². The summed E-state index contributed by atoms with van der Waals surface area (Å²) in [7, 11) is 0. The highest BCUT2D eigenvalue weighted by Gasteiger charge is 2.54. The van der Waals surface area contributed by atoms with Crippen molar-refractivity contribution in [1.82, 2.24) is 5.32 Å². The number of amides is 1. The van der Waals surface area contributed by atoms with Crippen LogP contribution in [-0.2, 0) is 4.79 Å². The van der Waals surface area contributed by atoms with E-state index in [9.17, 15) is 4.79 Å². The summed E-state index contributed by atoms with van der Waals surface area (Å²) in [6, 6.07) is 0. The van der Waals surface area contributed by atoms with E-state index in [1.54, 1.807) is 0 Å². The maximum absolute atomic E-state index is 12.6. The molecule has 3 saturated carbocycles. The molecule has 0 aromatic carbocycles. The van der Waals surface area contributed by atoms with Crippen molar-refractivity contribution < 1.29 is 4.79 Å². The summed E-state index contributed by atoms with van der Waals surface area (Å²) in [6.07, 6.45) is 10.3. The highest BCUT2D eigenvalue weighted by Crippen LogP contribution is 2.60. The Morgan fingerprint density at radius 3 is 2.26 bits per heavy atom. The second kappa shape index (κ2) is 4.72. The molecular formula is C15H24N2OS. The van der Waals surface area contributed by atoms with Crippen molar-refractivity contribution in [2.45, 2.75) is 57.8 Å². The minimum Gasteiger partial charge on any atom is -0.392 e. The summed E-state index contributed by atoms with van der Waals surface area (Å²) in [5.41, 5.74) is 5.80. The largest absolute Gasteiger partial charge is 0.392 e. The van der Waals surface area contributed by atoms with E-state index in [-0.39, 0.29) is 5.91 Å². The van der Waals surface area contributed by atoms with Crippen molar-refractivity contribution in [3.05, 3.63) is 0 Å². The molecule has 0 radical (unpaired) electrons. The van der Waals surface area contributed by atoms with E-state index >= 15 is 0 Å². The third kappa shape index (κ3) is 2.39. The van der Waals surface area contributed by atoms with Gasteiger partial charge >= 0.3 is 0 Å². The van der Waals surface area contributed by atoms with Gasteiger partial charge in [0.2, 0.25) is 5.91 Å². The fourth-order valence-corrected chi connectivity index (χ4v) is 4.05. The molecular weight excluding hydrogens is 256 g/mol. The number of rotatable bonds is 5. The van der Waals surface area contributed by atoms with Crippen molar-refractivity contribution in [3.63, 3.8) is 0 Å². The maximum atomic E-state index is 12.6. The van der Waals surface area contributed by atoms with E-state index in [0.29, 0.717) is 10.4 Å². The third-order valence-corrected chi connectivity index (χ3v) is 5.94. The second-order valence-corrected chi connectivity index (χ2v) is 7.27. The molecule has 0 saturated heterocycles. The topological polar surface area (TPSA) is 55.1 Å². The van der Waals surface area contributed by atoms with E-state index < -0.39 is 5.41 Å². The second-order valence-electron chi connectivity index (χ2n) is 6.83. The van der Waals surface area contributed by atoms with Gasteiger partial charge in [0, 0.05) is 6.54 Å². The molecule has 19 heavy (non-hydrogen) atoms. The van der Waals surface area contributed by atoms with Crippen molar-refractivity contribution in [1.29, 1.82) is 0 Å². The van der Waals surface area contributed by atoms with E-state index in [4.69, 9.17) is 18.0 Å². The number of hydrogen-bond acceptors (Lipinski definition) is 2. The quantitative estimate of drug-likeness (QED) is 0.761. The SMILES string of the molecule is NC(=S)C1(C(=O)NCC2(C3CC3)CC2)CCCCC1. The smallest absolute Gasteiger partial charge is 0.233 e. The summed E-state index contributed by atoms with van der Waals surface area (Å²) in [6.45, 7) is 0.848. The summed E-state index contributed by atoms with van der Waals surface area (Å²) < 4.78 is 0. The van der Waals surface area contributed by atoms with Gasteiger partial charge < -0.3 is 11.1 Å². The summed E-state index contributed by atoms with van der Waals surface area (Å²) in [4.78, 5) is 13.0. The molecule has 3 nitrogen and oxygen atoms in total. The van der Waals surface area contributed by atoms with Gasteiger partial charge in [0.1, 0.15) is 0 Å². The predicted octanol–water partition coefficient (Wildman–Crippen LogP) is 2.53. The fourth-order valence-electron chi connectivity index (χ4n) is 3.75. The Balaban J connectivity index is 1.62. The molecule has 0 unspecified atom stereocenters. The van der Waals surface area contributed by atoms with Crippen LogP contribution >= 0.6 is 12.2 Å². The van der Waals surface area contributed by atoms with Gasteiger partial charge in [0.05, 0.1) is 10.4 Å². The zero-order valence-corrected chi connectivity index (χ0v) is 12.4. The first kappa shape index (κ1) is 13.3. The Bertz CT molecular complexity index is 393. The Hall–Kier alpha value is -0.640.